The van der Waals surface area contributed by atoms with Gasteiger partial charge >= 0.3 is 0 Å². The molecule has 0 saturated carbocycles. The summed E-state index contributed by atoms with van der Waals surface area (Å²) < 4.78 is 25.6. The molecular weight excluding hydrogens is 444 g/mol. The minimum Gasteiger partial charge on any atom is -0.339 e. The summed E-state index contributed by atoms with van der Waals surface area (Å²) in [7, 11) is -2.90. The third-order valence-electron chi connectivity index (χ3n) is 5.56. The summed E-state index contributed by atoms with van der Waals surface area (Å²) >= 11 is 2.63. The zero-order valence-corrected chi connectivity index (χ0v) is 19.0. The highest BCUT2D eigenvalue weighted by Crippen LogP contribution is 2.22. The minimum absolute atomic E-state index is 0.00325. The lowest BCUT2D eigenvalue weighted by atomic mass is 10.2. The van der Waals surface area contributed by atoms with E-state index in [0.717, 1.165) is 0 Å². The lowest BCUT2D eigenvalue weighted by Gasteiger charge is -2.37. The minimum atomic E-state index is -2.90. The molecule has 11 heteroatoms. The molecule has 0 aromatic carbocycles. The Bertz CT molecular complexity index is 1120. The fourth-order valence-electron chi connectivity index (χ4n) is 3.94. The molecule has 0 spiro atoms. The molecule has 0 N–H and O–H groups in total. The van der Waals surface area contributed by atoms with E-state index in [1.807, 2.05) is 16.3 Å². The SMILES string of the molecule is C=CCn1c(SCC(=O)N2CCN(C3CCS(=O)(=O)C3)CC2)nc2ccsc2c1=O. The maximum Gasteiger partial charge on any atom is 0.272 e. The highest BCUT2D eigenvalue weighted by molar-refractivity contribution is 7.99. The van der Waals surface area contributed by atoms with E-state index >= 15 is 0 Å². The van der Waals surface area contributed by atoms with E-state index in [2.05, 4.69) is 16.5 Å². The molecule has 8 nitrogen and oxygen atoms in total. The molecule has 2 aliphatic heterocycles. The van der Waals surface area contributed by atoms with E-state index in [1.54, 1.807) is 10.6 Å². The van der Waals surface area contributed by atoms with Crippen molar-refractivity contribution in [2.45, 2.75) is 24.2 Å². The van der Waals surface area contributed by atoms with Crippen molar-refractivity contribution < 1.29 is 13.2 Å². The molecule has 0 bridgehead atoms. The first-order valence-electron chi connectivity index (χ1n) is 9.82. The van der Waals surface area contributed by atoms with Crippen LogP contribution in [-0.2, 0) is 21.2 Å². The van der Waals surface area contributed by atoms with Gasteiger partial charge in [-0.05, 0) is 17.9 Å². The predicted octanol–water partition coefficient (Wildman–Crippen LogP) is 1.07. The monoisotopic (exact) mass is 468 g/mol. The van der Waals surface area contributed by atoms with Gasteiger partial charge in [-0.25, -0.2) is 13.4 Å². The van der Waals surface area contributed by atoms with Gasteiger partial charge in [0.25, 0.3) is 5.56 Å². The third kappa shape index (κ3) is 4.48. The molecule has 0 radical (unpaired) electrons. The van der Waals surface area contributed by atoms with E-state index in [9.17, 15) is 18.0 Å². The number of hydrogen-bond donors (Lipinski definition) is 0. The number of thiophene rings is 1. The Balaban J connectivity index is 1.37. The molecule has 2 aliphatic rings. The Hall–Kier alpha value is -1.69. The normalized spacial score (nSPS) is 21.9. The van der Waals surface area contributed by atoms with Gasteiger partial charge in [-0.2, -0.15) is 0 Å². The molecule has 1 amide bonds. The van der Waals surface area contributed by atoms with Gasteiger partial charge in [0, 0.05) is 38.8 Å². The Kier molecular flexibility index (Phi) is 6.33. The molecule has 4 rings (SSSR count). The summed E-state index contributed by atoms with van der Waals surface area (Å²) in [5.41, 5.74) is 0.547. The lowest BCUT2D eigenvalue weighted by Crippen LogP contribution is -2.52. The number of aromatic nitrogens is 2. The first kappa shape index (κ1) is 21.5. The zero-order chi connectivity index (χ0) is 21.3. The van der Waals surface area contributed by atoms with Gasteiger partial charge in [0.15, 0.2) is 15.0 Å². The van der Waals surface area contributed by atoms with Crippen molar-refractivity contribution in [3.63, 3.8) is 0 Å². The van der Waals surface area contributed by atoms with Crippen molar-refractivity contribution in [3.8, 4) is 0 Å². The number of sulfone groups is 1. The van der Waals surface area contributed by atoms with Crippen LogP contribution < -0.4 is 5.56 Å². The van der Waals surface area contributed by atoms with Gasteiger partial charge < -0.3 is 4.90 Å². The molecular formula is C19H24N4O4S3. The number of piperazine rings is 1. The maximum atomic E-state index is 12.7. The van der Waals surface area contributed by atoms with E-state index in [-0.39, 0.29) is 34.8 Å². The number of thioether (sulfide) groups is 1. The number of amides is 1. The van der Waals surface area contributed by atoms with Crippen LogP contribution >= 0.6 is 23.1 Å². The lowest BCUT2D eigenvalue weighted by molar-refractivity contribution is -0.130. The highest BCUT2D eigenvalue weighted by atomic mass is 32.2. The second-order valence-electron chi connectivity index (χ2n) is 7.50. The summed E-state index contributed by atoms with van der Waals surface area (Å²) in [5.74, 6) is 0.704. The van der Waals surface area contributed by atoms with Crippen LogP contribution in [0.5, 0.6) is 0 Å². The highest BCUT2D eigenvalue weighted by Gasteiger charge is 2.34. The Morgan fingerprint density at radius 3 is 2.77 bits per heavy atom. The van der Waals surface area contributed by atoms with Gasteiger partial charge in [0.1, 0.15) is 4.70 Å². The molecule has 162 valence electrons. The van der Waals surface area contributed by atoms with Crippen LogP contribution in [0.25, 0.3) is 10.2 Å². The van der Waals surface area contributed by atoms with Crippen molar-refractivity contribution in [1.29, 1.82) is 0 Å². The van der Waals surface area contributed by atoms with Gasteiger partial charge in [-0.3, -0.25) is 19.1 Å². The molecule has 0 aliphatic carbocycles. The van der Waals surface area contributed by atoms with Gasteiger partial charge in [-0.1, -0.05) is 17.8 Å². The topological polar surface area (TPSA) is 92.6 Å². The summed E-state index contributed by atoms with van der Waals surface area (Å²) in [6.45, 7) is 6.62. The van der Waals surface area contributed by atoms with E-state index in [0.29, 0.717) is 54.5 Å². The molecule has 2 aromatic rings. The molecule has 1 unspecified atom stereocenters. The molecule has 4 heterocycles. The first-order chi connectivity index (χ1) is 14.4. The largest absolute Gasteiger partial charge is 0.339 e. The van der Waals surface area contributed by atoms with Crippen molar-refractivity contribution in [2.24, 2.45) is 0 Å². The number of carbonyl (C=O) groups is 1. The summed E-state index contributed by atoms with van der Waals surface area (Å²) in [6.07, 6.45) is 2.33. The van der Waals surface area contributed by atoms with Crippen LogP contribution in [0.3, 0.4) is 0 Å². The number of nitrogens with zero attached hydrogens (tertiary/aromatic N) is 4. The Labute approximate surface area is 183 Å². The van der Waals surface area contributed by atoms with E-state index in [1.165, 1.54) is 23.1 Å². The first-order valence-corrected chi connectivity index (χ1v) is 13.5. The van der Waals surface area contributed by atoms with Gasteiger partial charge in [0.05, 0.1) is 22.8 Å². The second-order valence-corrected chi connectivity index (χ2v) is 11.6. The van der Waals surface area contributed by atoms with Crippen LogP contribution in [0.2, 0.25) is 0 Å². The second kappa shape index (κ2) is 8.81. The number of allylic oxidation sites excluding steroid dienone is 1. The van der Waals surface area contributed by atoms with Gasteiger partial charge in [0.2, 0.25) is 5.91 Å². The summed E-state index contributed by atoms with van der Waals surface area (Å²) in [6, 6.07) is 1.89. The quantitative estimate of drug-likeness (QED) is 0.356. The molecule has 2 aromatic heterocycles. The molecule has 2 saturated heterocycles. The summed E-state index contributed by atoms with van der Waals surface area (Å²) in [4.78, 5) is 34.0. The standard InChI is InChI=1S/C19H24N4O4S3/c1-2-5-23-18(25)17-15(3-10-28-17)20-19(23)29-12-16(24)22-8-6-21(7-9-22)14-4-11-30(26,27)13-14/h2-3,10,14H,1,4-9,11-13H2. The molecule has 2 fully saturated rings. The van der Waals surface area contributed by atoms with Crippen molar-refractivity contribution in [1.82, 2.24) is 19.4 Å². The van der Waals surface area contributed by atoms with Crippen LogP contribution in [0.1, 0.15) is 6.42 Å². The van der Waals surface area contributed by atoms with Crippen molar-refractivity contribution in [3.05, 3.63) is 34.5 Å². The number of carbonyl (C=O) groups excluding carboxylic acids is 1. The average molecular weight is 469 g/mol. The fraction of sp³-hybridized carbons (Fsp3) is 0.526. The van der Waals surface area contributed by atoms with E-state index in [4.69, 9.17) is 0 Å². The van der Waals surface area contributed by atoms with Crippen LogP contribution in [0, 0.1) is 0 Å². The molecule has 1 atom stereocenters. The zero-order valence-electron chi connectivity index (χ0n) is 16.5. The van der Waals surface area contributed by atoms with Crippen LogP contribution in [0.4, 0.5) is 0 Å². The Morgan fingerprint density at radius 2 is 2.10 bits per heavy atom. The van der Waals surface area contributed by atoms with Gasteiger partial charge in [-0.15, -0.1) is 17.9 Å². The maximum absolute atomic E-state index is 12.7. The van der Waals surface area contributed by atoms with Crippen molar-refractivity contribution >= 4 is 49.1 Å². The number of fused-ring (bicyclic) bond motifs is 1. The number of rotatable bonds is 6. The Morgan fingerprint density at radius 1 is 1.33 bits per heavy atom. The van der Waals surface area contributed by atoms with Crippen molar-refractivity contribution in [2.75, 3.05) is 43.4 Å². The van der Waals surface area contributed by atoms with E-state index < -0.39 is 9.84 Å². The summed E-state index contributed by atoms with van der Waals surface area (Å²) in [5, 5.41) is 2.36. The number of hydrogen-bond acceptors (Lipinski definition) is 8. The predicted molar refractivity (Wildman–Crippen MR) is 120 cm³/mol. The molecule has 30 heavy (non-hydrogen) atoms. The fourth-order valence-corrected chi connectivity index (χ4v) is 7.39. The smallest absolute Gasteiger partial charge is 0.272 e. The average Bonchev–Trinajstić information content (AvgIpc) is 3.35. The third-order valence-corrected chi connectivity index (χ3v) is 9.16. The van der Waals surface area contributed by atoms with Crippen LogP contribution in [-0.4, -0.2) is 83.2 Å². The van der Waals surface area contributed by atoms with Crippen LogP contribution in [0.15, 0.2) is 34.1 Å².